The normalized spacial score (nSPS) is 10.6. The molecule has 0 saturated heterocycles. The Morgan fingerprint density at radius 3 is 3.18 bits per heavy atom. The Morgan fingerprint density at radius 1 is 1.55 bits per heavy atom. The molecule has 5 heteroatoms. The van der Waals surface area contributed by atoms with E-state index in [-0.39, 0.29) is 0 Å². The molecule has 5 nitrogen and oxygen atoms in total. The first-order valence-electron chi connectivity index (χ1n) is 3.26. The lowest BCUT2D eigenvalue weighted by Crippen LogP contribution is -2.03. The Hall–Kier alpha value is -1.65. The number of rotatable bonds is 0. The van der Waals surface area contributed by atoms with Crippen LogP contribution >= 0.6 is 0 Å². The summed E-state index contributed by atoms with van der Waals surface area (Å²) in [4.78, 5) is 13.9. The molecule has 0 aliphatic rings. The van der Waals surface area contributed by atoms with E-state index in [2.05, 4.69) is 19.9 Å². The van der Waals surface area contributed by atoms with Gasteiger partial charge in [0.1, 0.15) is 0 Å². The third kappa shape index (κ3) is 0.813. The van der Waals surface area contributed by atoms with Gasteiger partial charge in [-0.05, 0) is 6.92 Å². The number of anilines is 1. The van der Waals surface area contributed by atoms with Crippen LogP contribution < -0.4 is 10.7 Å². The summed E-state index contributed by atoms with van der Waals surface area (Å²) in [5.41, 5.74) is 7.93. The molecule has 2 aromatic rings. The molecule has 2 aromatic heterocycles. The van der Waals surface area contributed by atoms with Crippen molar-refractivity contribution in [3.05, 3.63) is 12.0 Å². The van der Waals surface area contributed by atoms with Crippen molar-refractivity contribution in [2.24, 2.45) is 0 Å². The maximum Gasteiger partial charge on any atom is 0.305 e. The number of nitrogen functional groups attached to an aromatic ring is 1. The number of aryl methyl sites for hydroxylation is 1. The molecule has 0 atom stereocenters. The van der Waals surface area contributed by atoms with Gasteiger partial charge < -0.3 is 5.73 Å². The van der Waals surface area contributed by atoms with E-state index in [0.29, 0.717) is 5.95 Å². The number of fused-ring (bicyclic) bond motifs is 1. The maximum absolute atomic E-state index is 5.43. The van der Waals surface area contributed by atoms with Crippen LogP contribution in [0, 0.1) is 6.92 Å². The second-order valence-electron chi connectivity index (χ2n) is 2.32. The number of aromatic amines is 2. The molecule has 0 saturated carbocycles. The summed E-state index contributed by atoms with van der Waals surface area (Å²) in [5, 5.41) is 0. The van der Waals surface area contributed by atoms with Crippen LogP contribution in [0.3, 0.4) is 0 Å². The van der Waals surface area contributed by atoms with Crippen LogP contribution in [0.1, 0.15) is 5.69 Å². The molecule has 2 rings (SSSR count). The predicted octanol–water partition coefficient (Wildman–Crippen LogP) is -0.337. The van der Waals surface area contributed by atoms with Gasteiger partial charge in [0.25, 0.3) is 5.95 Å². The zero-order chi connectivity index (χ0) is 7.84. The van der Waals surface area contributed by atoms with E-state index in [1.807, 2.05) is 6.92 Å². The number of hydrogen-bond donors (Lipinski definition) is 2. The monoisotopic (exact) mass is 150 g/mol. The van der Waals surface area contributed by atoms with Crippen molar-refractivity contribution < 1.29 is 4.98 Å². The van der Waals surface area contributed by atoms with Gasteiger partial charge in [-0.25, -0.2) is 4.98 Å². The highest BCUT2D eigenvalue weighted by Gasteiger charge is 2.09. The van der Waals surface area contributed by atoms with E-state index in [9.17, 15) is 0 Å². The SMILES string of the molecule is Cc1nc(N)nc2[nH+]c[nH]c12. The standard InChI is InChI=1S/C6H7N5/c1-3-4-5(9-2-8-4)11-6(7)10-3/h2H,1H3,(H3,7,8,9,10,11)/p+1. The van der Waals surface area contributed by atoms with Crippen molar-refractivity contribution in [2.75, 3.05) is 5.73 Å². The van der Waals surface area contributed by atoms with Gasteiger partial charge in [0, 0.05) is 0 Å². The summed E-state index contributed by atoms with van der Waals surface area (Å²) in [6.07, 6.45) is 1.70. The molecule has 0 aliphatic carbocycles. The Labute approximate surface area is 62.7 Å². The third-order valence-corrected chi connectivity index (χ3v) is 1.53. The predicted molar refractivity (Wildman–Crippen MR) is 39.6 cm³/mol. The summed E-state index contributed by atoms with van der Waals surface area (Å²) in [5.74, 6) is 0.297. The molecule has 0 unspecified atom stereocenters. The zero-order valence-corrected chi connectivity index (χ0v) is 6.05. The van der Waals surface area contributed by atoms with Crippen molar-refractivity contribution in [3.8, 4) is 0 Å². The minimum absolute atomic E-state index is 0.297. The van der Waals surface area contributed by atoms with Crippen LogP contribution in [-0.4, -0.2) is 15.0 Å². The van der Waals surface area contributed by atoms with E-state index < -0.39 is 0 Å². The van der Waals surface area contributed by atoms with Crippen LogP contribution in [0.15, 0.2) is 6.33 Å². The fourth-order valence-corrected chi connectivity index (χ4v) is 1.05. The highest BCUT2D eigenvalue weighted by molar-refractivity contribution is 5.69. The maximum atomic E-state index is 5.43. The minimum atomic E-state index is 0.297. The van der Waals surface area contributed by atoms with Gasteiger partial charge in [-0.2, -0.15) is 4.98 Å². The second-order valence-corrected chi connectivity index (χ2v) is 2.32. The summed E-state index contributed by atoms with van der Waals surface area (Å²) < 4.78 is 0. The number of nitrogens with two attached hydrogens (primary N) is 1. The van der Waals surface area contributed by atoms with Gasteiger partial charge in [-0.15, -0.1) is 0 Å². The number of nitrogens with zero attached hydrogens (tertiary/aromatic N) is 2. The minimum Gasteiger partial charge on any atom is -0.354 e. The smallest absolute Gasteiger partial charge is 0.305 e. The summed E-state index contributed by atoms with van der Waals surface area (Å²) in [7, 11) is 0. The summed E-state index contributed by atoms with van der Waals surface area (Å²) in [6.45, 7) is 1.88. The molecule has 0 bridgehead atoms. The number of imidazole rings is 1. The van der Waals surface area contributed by atoms with Gasteiger partial charge in [0.2, 0.25) is 0 Å². The van der Waals surface area contributed by atoms with Crippen LogP contribution in [0.5, 0.6) is 0 Å². The number of H-pyrrole nitrogens is 2. The molecule has 0 aliphatic heterocycles. The lowest BCUT2D eigenvalue weighted by molar-refractivity contribution is -0.347. The Kier molecular flexibility index (Phi) is 1.06. The van der Waals surface area contributed by atoms with Gasteiger partial charge >= 0.3 is 5.65 Å². The highest BCUT2D eigenvalue weighted by Crippen LogP contribution is 2.07. The first-order valence-corrected chi connectivity index (χ1v) is 3.26. The first kappa shape index (κ1) is 6.09. The van der Waals surface area contributed by atoms with E-state index in [0.717, 1.165) is 16.9 Å². The largest absolute Gasteiger partial charge is 0.354 e. The van der Waals surface area contributed by atoms with Crippen molar-refractivity contribution in [1.29, 1.82) is 0 Å². The average molecular weight is 150 g/mol. The number of hydrogen-bond acceptors (Lipinski definition) is 3. The molecule has 0 aromatic carbocycles. The molecule has 0 fully saturated rings. The quantitative estimate of drug-likeness (QED) is 0.539. The second kappa shape index (κ2) is 1.91. The third-order valence-electron chi connectivity index (χ3n) is 1.53. The summed E-state index contributed by atoms with van der Waals surface area (Å²) >= 11 is 0. The first-order chi connectivity index (χ1) is 5.27. The Balaban J connectivity index is 2.91. The van der Waals surface area contributed by atoms with E-state index in [1.54, 1.807) is 6.33 Å². The molecule has 0 amide bonds. The molecule has 11 heavy (non-hydrogen) atoms. The van der Waals surface area contributed by atoms with Crippen LogP contribution in [0.4, 0.5) is 5.95 Å². The lowest BCUT2D eigenvalue weighted by Gasteiger charge is -1.88. The van der Waals surface area contributed by atoms with Gasteiger partial charge in [-0.1, -0.05) is 4.98 Å². The van der Waals surface area contributed by atoms with Crippen molar-refractivity contribution in [1.82, 2.24) is 15.0 Å². The van der Waals surface area contributed by atoms with Crippen LogP contribution in [-0.2, 0) is 0 Å². The highest BCUT2D eigenvalue weighted by atomic mass is 15.1. The Morgan fingerprint density at radius 2 is 2.36 bits per heavy atom. The molecule has 2 heterocycles. The van der Waals surface area contributed by atoms with Crippen LogP contribution in [0.2, 0.25) is 0 Å². The average Bonchev–Trinajstić information content (AvgIpc) is 2.34. The fraction of sp³-hybridized carbons (Fsp3) is 0.167. The van der Waals surface area contributed by atoms with E-state index >= 15 is 0 Å². The molecule has 4 N–H and O–H groups in total. The van der Waals surface area contributed by atoms with Crippen LogP contribution in [0.25, 0.3) is 11.2 Å². The zero-order valence-electron chi connectivity index (χ0n) is 6.05. The molecular weight excluding hydrogens is 142 g/mol. The molecular formula is C6H8N5+. The van der Waals surface area contributed by atoms with Crippen molar-refractivity contribution in [2.45, 2.75) is 6.92 Å². The number of nitrogens with one attached hydrogen (secondary N) is 2. The molecule has 0 spiro atoms. The molecule has 56 valence electrons. The van der Waals surface area contributed by atoms with Crippen molar-refractivity contribution >= 4 is 17.1 Å². The topological polar surface area (TPSA) is 81.7 Å². The van der Waals surface area contributed by atoms with Gasteiger partial charge in [0.15, 0.2) is 11.8 Å². The Bertz CT molecular complexity index is 391. The summed E-state index contributed by atoms with van der Waals surface area (Å²) in [6, 6.07) is 0. The van der Waals surface area contributed by atoms with Gasteiger partial charge in [0.05, 0.1) is 5.69 Å². The fourth-order valence-electron chi connectivity index (χ4n) is 1.05. The van der Waals surface area contributed by atoms with E-state index in [1.165, 1.54) is 0 Å². The molecule has 0 radical (unpaired) electrons. The number of aromatic nitrogens is 4. The van der Waals surface area contributed by atoms with Crippen molar-refractivity contribution in [3.63, 3.8) is 0 Å². The van der Waals surface area contributed by atoms with Gasteiger partial charge in [-0.3, -0.25) is 4.98 Å². The lowest BCUT2D eigenvalue weighted by atomic mass is 10.4. The van der Waals surface area contributed by atoms with E-state index in [4.69, 9.17) is 5.73 Å².